The average molecular weight is 450 g/mol. The summed E-state index contributed by atoms with van der Waals surface area (Å²) < 4.78 is 14.3. The van der Waals surface area contributed by atoms with Crippen molar-refractivity contribution >= 4 is 34.8 Å². The number of benzene rings is 2. The molecule has 0 radical (unpaired) electrons. The van der Waals surface area contributed by atoms with Crippen LogP contribution in [-0.4, -0.2) is 40.1 Å². The molecule has 0 saturated carbocycles. The van der Waals surface area contributed by atoms with Gasteiger partial charge in [-0.05, 0) is 50.1 Å². The fourth-order valence-electron chi connectivity index (χ4n) is 6.36. The largest absolute Gasteiger partial charge is 0.324 e. The number of imide groups is 1. The Bertz CT molecular complexity index is 1300. The Morgan fingerprint density at radius 1 is 1.15 bits per heavy atom. The quantitative estimate of drug-likeness (QED) is 0.427. The first-order valence-electron chi connectivity index (χ1n) is 10.8. The number of hydrogen-bond acceptors (Lipinski definition) is 6. The lowest BCUT2D eigenvalue weighted by molar-refractivity contribution is -0.384. The van der Waals surface area contributed by atoms with E-state index in [0.717, 1.165) is 11.3 Å². The van der Waals surface area contributed by atoms with E-state index in [4.69, 9.17) is 0 Å². The molecule has 168 valence electrons. The van der Waals surface area contributed by atoms with Crippen molar-refractivity contribution in [3.63, 3.8) is 0 Å². The molecule has 10 heteroatoms. The van der Waals surface area contributed by atoms with Gasteiger partial charge in [0.2, 0.25) is 17.7 Å². The lowest BCUT2D eigenvalue weighted by Gasteiger charge is -2.36. The molecule has 3 saturated heterocycles. The first-order chi connectivity index (χ1) is 15.8. The average Bonchev–Trinajstić information content (AvgIpc) is 3.47. The molecular weight excluding hydrogens is 431 g/mol. The SMILES string of the molecule is Cc1ccc([N+](=O)[O-])cc1N1C(=O)[C@H]2[C@H]3CCCN3[C@@]3(C(=O)Nc4ccc(F)cc43)[C@@H]2C1=O. The van der Waals surface area contributed by atoms with Gasteiger partial charge in [0.25, 0.3) is 5.69 Å². The summed E-state index contributed by atoms with van der Waals surface area (Å²) >= 11 is 0. The van der Waals surface area contributed by atoms with Gasteiger partial charge in [-0.1, -0.05) is 6.07 Å². The second-order valence-corrected chi connectivity index (χ2v) is 9.06. The molecule has 1 spiro atoms. The molecule has 0 aromatic heterocycles. The first kappa shape index (κ1) is 20.0. The number of fused-ring (bicyclic) bond motifs is 7. The summed E-state index contributed by atoms with van der Waals surface area (Å²) in [6, 6.07) is 7.65. The zero-order valence-corrected chi connectivity index (χ0v) is 17.6. The van der Waals surface area contributed by atoms with E-state index in [-0.39, 0.29) is 17.4 Å². The van der Waals surface area contributed by atoms with Crippen LogP contribution in [0.5, 0.6) is 0 Å². The summed E-state index contributed by atoms with van der Waals surface area (Å²) in [5, 5.41) is 14.1. The number of halogens is 1. The molecule has 9 nitrogen and oxygen atoms in total. The number of rotatable bonds is 2. The van der Waals surface area contributed by atoms with Crippen LogP contribution in [0, 0.1) is 34.7 Å². The highest BCUT2D eigenvalue weighted by molar-refractivity contribution is 6.26. The zero-order valence-electron chi connectivity index (χ0n) is 17.6. The third-order valence-electron chi connectivity index (χ3n) is 7.60. The Kier molecular flexibility index (Phi) is 3.90. The molecule has 0 unspecified atom stereocenters. The van der Waals surface area contributed by atoms with Gasteiger partial charge in [0.05, 0.1) is 22.4 Å². The van der Waals surface area contributed by atoms with Crippen molar-refractivity contribution in [1.29, 1.82) is 0 Å². The van der Waals surface area contributed by atoms with Gasteiger partial charge in [0, 0.05) is 29.4 Å². The van der Waals surface area contributed by atoms with E-state index in [2.05, 4.69) is 5.32 Å². The summed E-state index contributed by atoms with van der Waals surface area (Å²) in [5.41, 5.74) is -0.257. The number of carbonyl (C=O) groups excluding carboxylic acids is 3. The topological polar surface area (TPSA) is 113 Å². The molecule has 3 fully saturated rings. The van der Waals surface area contributed by atoms with Crippen molar-refractivity contribution in [2.75, 3.05) is 16.8 Å². The minimum Gasteiger partial charge on any atom is -0.324 e. The van der Waals surface area contributed by atoms with E-state index < -0.39 is 45.8 Å². The monoisotopic (exact) mass is 450 g/mol. The van der Waals surface area contributed by atoms with Crippen molar-refractivity contribution in [3.05, 3.63) is 63.5 Å². The predicted molar refractivity (Wildman–Crippen MR) is 114 cm³/mol. The third kappa shape index (κ3) is 2.31. The highest BCUT2D eigenvalue weighted by atomic mass is 19.1. The van der Waals surface area contributed by atoms with E-state index in [1.165, 1.54) is 36.4 Å². The lowest BCUT2D eigenvalue weighted by atomic mass is 9.75. The highest BCUT2D eigenvalue weighted by Gasteiger charge is 2.74. The van der Waals surface area contributed by atoms with Crippen LogP contribution in [-0.2, 0) is 19.9 Å². The Hall–Kier alpha value is -3.66. The van der Waals surface area contributed by atoms with Gasteiger partial charge in [0.15, 0.2) is 0 Å². The second-order valence-electron chi connectivity index (χ2n) is 9.06. The van der Waals surface area contributed by atoms with E-state index in [0.29, 0.717) is 29.8 Å². The third-order valence-corrected chi connectivity index (χ3v) is 7.60. The lowest BCUT2D eigenvalue weighted by Crippen LogP contribution is -2.54. The van der Waals surface area contributed by atoms with E-state index in [1.54, 1.807) is 6.92 Å². The molecule has 4 aliphatic heterocycles. The number of hydrogen-bond donors (Lipinski definition) is 1. The molecule has 1 N–H and O–H groups in total. The zero-order chi connectivity index (χ0) is 23.2. The normalized spacial score (nSPS) is 30.1. The summed E-state index contributed by atoms with van der Waals surface area (Å²) in [6.45, 7) is 2.18. The Morgan fingerprint density at radius 2 is 1.94 bits per heavy atom. The number of anilines is 2. The Morgan fingerprint density at radius 3 is 2.70 bits per heavy atom. The van der Waals surface area contributed by atoms with Crippen molar-refractivity contribution in [3.8, 4) is 0 Å². The Balaban J connectivity index is 1.56. The van der Waals surface area contributed by atoms with Gasteiger partial charge in [-0.25, -0.2) is 9.29 Å². The van der Waals surface area contributed by atoms with Crippen molar-refractivity contribution in [2.24, 2.45) is 11.8 Å². The summed E-state index contributed by atoms with van der Waals surface area (Å²) in [5.74, 6) is -3.88. The smallest absolute Gasteiger partial charge is 0.271 e. The van der Waals surface area contributed by atoms with Gasteiger partial charge in [-0.3, -0.25) is 29.4 Å². The molecule has 2 aromatic carbocycles. The standard InChI is InChI=1S/C23H19FN4O5/c1-11-4-6-13(28(32)33)10-17(11)27-20(29)18-16-3-2-8-26(16)23(19(18)21(27)30)14-9-12(24)5-7-15(14)25-22(23)31/h4-7,9-10,16,18-19H,2-3,8H2,1H3,(H,25,31)/t16-,18+,19+,23-/m1/s1. The second kappa shape index (κ2) is 6.44. The number of nitro groups is 1. The van der Waals surface area contributed by atoms with Crippen LogP contribution in [0.1, 0.15) is 24.0 Å². The minimum absolute atomic E-state index is 0.145. The van der Waals surface area contributed by atoms with Crippen molar-refractivity contribution in [2.45, 2.75) is 31.3 Å². The van der Waals surface area contributed by atoms with Gasteiger partial charge in [0.1, 0.15) is 11.4 Å². The van der Waals surface area contributed by atoms with Gasteiger partial charge in [-0.2, -0.15) is 0 Å². The van der Waals surface area contributed by atoms with Crippen LogP contribution in [0.2, 0.25) is 0 Å². The van der Waals surface area contributed by atoms with Crippen LogP contribution in [0.3, 0.4) is 0 Å². The number of aryl methyl sites for hydroxylation is 1. The number of non-ortho nitro benzene ring substituents is 1. The maximum atomic E-state index is 14.3. The molecule has 0 aliphatic carbocycles. The highest BCUT2D eigenvalue weighted by Crippen LogP contribution is 2.60. The van der Waals surface area contributed by atoms with Crippen LogP contribution < -0.4 is 10.2 Å². The summed E-state index contributed by atoms with van der Waals surface area (Å²) in [6.07, 6.45) is 1.37. The Labute approximate surface area is 187 Å². The van der Waals surface area contributed by atoms with Crippen LogP contribution >= 0.6 is 0 Å². The van der Waals surface area contributed by atoms with Gasteiger partial charge < -0.3 is 5.32 Å². The van der Waals surface area contributed by atoms with E-state index >= 15 is 0 Å². The van der Waals surface area contributed by atoms with Crippen LogP contribution in [0.25, 0.3) is 0 Å². The number of nitrogens with zero attached hydrogens (tertiary/aromatic N) is 3. The molecule has 3 amide bonds. The van der Waals surface area contributed by atoms with Gasteiger partial charge in [-0.15, -0.1) is 0 Å². The van der Waals surface area contributed by atoms with Crippen molar-refractivity contribution < 1.29 is 23.7 Å². The minimum atomic E-state index is -1.49. The number of nitro benzene ring substituents is 1. The molecule has 6 rings (SSSR count). The summed E-state index contributed by atoms with van der Waals surface area (Å²) in [7, 11) is 0. The van der Waals surface area contributed by atoms with Crippen LogP contribution in [0.15, 0.2) is 36.4 Å². The van der Waals surface area contributed by atoms with Crippen LogP contribution in [0.4, 0.5) is 21.5 Å². The van der Waals surface area contributed by atoms with E-state index in [9.17, 15) is 28.9 Å². The maximum Gasteiger partial charge on any atom is 0.271 e. The predicted octanol–water partition coefficient (Wildman–Crippen LogP) is 2.47. The molecule has 4 aliphatic rings. The molecule has 33 heavy (non-hydrogen) atoms. The fraction of sp³-hybridized carbons (Fsp3) is 0.348. The first-order valence-corrected chi connectivity index (χ1v) is 10.8. The molecule has 4 heterocycles. The number of carbonyl (C=O) groups is 3. The van der Waals surface area contributed by atoms with Crippen molar-refractivity contribution in [1.82, 2.24) is 4.90 Å². The maximum absolute atomic E-state index is 14.3. The molecule has 2 aromatic rings. The molecule has 4 atom stereocenters. The number of amides is 3. The van der Waals surface area contributed by atoms with Gasteiger partial charge >= 0.3 is 0 Å². The molecular formula is C23H19FN4O5. The summed E-state index contributed by atoms with van der Waals surface area (Å²) in [4.78, 5) is 54.8. The van der Waals surface area contributed by atoms with E-state index in [1.807, 2.05) is 4.90 Å². The molecule has 0 bridgehead atoms. The fourth-order valence-corrected chi connectivity index (χ4v) is 6.36. The number of nitrogens with one attached hydrogen (secondary N) is 1.